The molecule has 2 heterocycles. The van der Waals surface area contributed by atoms with Crippen LogP contribution in [0.3, 0.4) is 0 Å². The molecule has 23 heavy (non-hydrogen) atoms. The Kier molecular flexibility index (Phi) is 5.36. The minimum atomic E-state index is -0.416. The normalized spacial score (nSPS) is 18.7. The van der Waals surface area contributed by atoms with Gasteiger partial charge in [-0.25, -0.2) is 4.39 Å². The molecule has 0 saturated carbocycles. The van der Waals surface area contributed by atoms with E-state index in [9.17, 15) is 4.39 Å². The molecule has 0 bridgehead atoms. The summed E-state index contributed by atoms with van der Waals surface area (Å²) in [5, 5.41) is 3.58. The molecule has 124 valence electrons. The number of benzene rings is 1. The summed E-state index contributed by atoms with van der Waals surface area (Å²) >= 11 is 5.82. The van der Waals surface area contributed by atoms with Crippen molar-refractivity contribution in [2.45, 2.75) is 32.4 Å². The van der Waals surface area contributed by atoms with E-state index in [1.807, 2.05) is 12.1 Å². The molecule has 2 aromatic rings. The number of halogens is 2. The fraction of sp³-hybridized carbons (Fsp3) is 0.444. The second-order valence-electron chi connectivity index (χ2n) is 5.95. The van der Waals surface area contributed by atoms with Gasteiger partial charge >= 0.3 is 0 Å². The van der Waals surface area contributed by atoms with Crippen LogP contribution in [0.25, 0.3) is 11.3 Å². The Morgan fingerprint density at radius 2 is 2.22 bits per heavy atom. The zero-order chi connectivity index (χ0) is 16.2. The second-order valence-corrected chi connectivity index (χ2v) is 6.36. The van der Waals surface area contributed by atoms with Gasteiger partial charge in [-0.3, -0.25) is 4.90 Å². The average Bonchev–Trinajstić information content (AvgIpc) is 3.19. The van der Waals surface area contributed by atoms with Crippen molar-refractivity contribution >= 4 is 11.6 Å². The van der Waals surface area contributed by atoms with Gasteiger partial charge in [0.15, 0.2) is 0 Å². The maximum atomic E-state index is 13.2. The Morgan fingerprint density at radius 1 is 1.35 bits per heavy atom. The Morgan fingerprint density at radius 3 is 3.00 bits per heavy atom. The Bertz CT molecular complexity index is 658. The highest BCUT2D eigenvalue weighted by molar-refractivity contribution is 6.31. The zero-order valence-corrected chi connectivity index (χ0v) is 14.1. The van der Waals surface area contributed by atoms with Crippen molar-refractivity contribution in [3.8, 4) is 11.3 Å². The van der Waals surface area contributed by atoms with Gasteiger partial charge in [0.25, 0.3) is 0 Å². The lowest BCUT2D eigenvalue weighted by Gasteiger charge is -2.22. The van der Waals surface area contributed by atoms with E-state index in [2.05, 4.69) is 17.1 Å². The van der Waals surface area contributed by atoms with Gasteiger partial charge in [0, 0.05) is 18.2 Å². The van der Waals surface area contributed by atoms with Crippen molar-refractivity contribution in [2.75, 3.05) is 19.6 Å². The molecule has 0 spiro atoms. The number of nitrogens with one attached hydrogen (secondary N) is 1. The molecule has 1 aromatic carbocycles. The van der Waals surface area contributed by atoms with Gasteiger partial charge in [0.2, 0.25) is 0 Å². The summed E-state index contributed by atoms with van der Waals surface area (Å²) in [7, 11) is 0. The first-order valence-electron chi connectivity index (χ1n) is 8.16. The number of hydrogen-bond donors (Lipinski definition) is 1. The van der Waals surface area contributed by atoms with Crippen LogP contribution in [0.15, 0.2) is 34.7 Å². The van der Waals surface area contributed by atoms with Crippen LogP contribution in [0, 0.1) is 5.82 Å². The SMILES string of the molecule is CCN1CCCC1CNCc1ccc(-c2ccc(F)c(Cl)c2)o1. The standard InChI is InChI=1S/C18H22ClFN2O/c1-2-22-9-3-4-14(22)11-21-12-15-6-8-18(23-15)13-5-7-17(20)16(19)10-13/h5-8,10,14,21H,2-4,9,11-12H2,1H3. The molecule has 1 N–H and O–H groups in total. The van der Waals surface area contributed by atoms with Gasteiger partial charge in [-0.1, -0.05) is 18.5 Å². The lowest BCUT2D eigenvalue weighted by Crippen LogP contribution is -2.37. The van der Waals surface area contributed by atoms with Crippen molar-refractivity contribution in [3.05, 3.63) is 46.9 Å². The molecule has 0 radical (unpaired) electrons. The summed E-state index contributed by atoms with van der Waals surface area (Å²) in [5.74, 6) is 1.17. The zero-order valence-electron chi connectivity index (χ0n) is 13.3. The summed E-state index contributed by atoms with van der Waals surface area (Å²) in [6, 6.07) is 9.10. The smallest absolute Gasteiger partial charge is 0.141 e. The highest BCUT2D eigenvalue weighted by Gasteiger charge is 2.22. The molecule has 1 atom stereocenters. The van der Waals surface area contributed by atoms with E-state index in [0.29, 0.717) is 18.3 Å². The molecule has 1 saturated heterocycles. The minimum absolute atomic E-state index is 0.111. The van der Waals surface area contributed by atoms with Crippen LogP contribution in [-0.2, 0) is 6.54 Å². The lowest BCUT2D eigenvalue weighted by molar-refractivity contribution is 0.258. The summed E-state index contributed by atoms with van der Waals surface area (Å²) in [5.41, 5.74) is 0.788. The molecule has 0 amide bonds. The van der Waals surface area contributed by atoms with Gasteiger partial charge in [0.1, 0.15) is 17.3 Å². The van der Waals surface area contributed by atoms with E-state index in [4.69, 9.17) is 16.0 Å². The first kappa shape index (κ1) is 16.5. The molecular weight excluding hydrogens is 315 g/mol. The van der Waals surface area contributed by atoms with Crippen LogP contribution in [0.5, 0.6) is 0 Å². The third-order valence-electron chi connectivity index (χ3n) is 4.45. The molecule has 1 aliphatic heterocycles. The van der Waals surface area contributed by atoms with Crippen LogP contribution in [-0.4, -0.2) is 30.6 Å². The van der Waals surface area contributed by atoms with Crippen molar-refractivity contribution in [1.29, 1.82) is 0 Å². The maximum absolute atomic E-state index is 13.2. The predicted octanol–water partition coefficient (Wildman–Crippen LogP) is 4.31. The fourth-order valence-electron chi connectivity index (χ4n) is 3.18. The number of furan rings is 1. The Labute approximate surface area is 141 Å². The number of likely N-dealkylation sites (N-methyl/N-ethyl adjacent to an activating group) is 1. The van der Waals surface area contributed by atoms with Crippen molar-refractivity contribution in [3.63, 3.8) is 0 Å². The minimum Gasteiger partial charge on any atom is -0.460 e. The van der Waals surface area contributed by atoms with E-state index in [-0.39, 0.29) is 5.02 Å². The number of rotatable bonds is 6. The fourth-order valence-corrected chi connectivity index (χ4v) is 3.36. The summed E-state index contributed by atoms with van der Waals surface area (Å²) < 4.78 is 19.0. The van der Waals surface area contributed by atoms with E-state index in [0.717, 1.165) is 24.4 Å². The Balaban J connectivity index is 1.56. The third kappa shape index (κ3) is 3.94. The van der Waals surface area contributed by atoms with Crippen LogP contribution in [0.4, 0.5) is 4.39 Å². The van der Waals surface area contributed by atoms with E-state index >= 15 is 0 Å². The molecule has 5 heteroatoms. The van der Waals surface area contributed by atoms with Gasteiger partial charge in [-0.2, -0.15) is 0 Å². The van der Waals surface area contributed by atoms with Crippen molar-refractivity contribution in [2.24, 2.45) is 0 Å². The second kappa shape index (κ2) is 7.47. The van der Waals surface area contributed by atoms with Gasteiger partial charge in [-0.15, -0.1) is 0 Å². The monoisotopic (exact) mass is 336 g/mol. The van der Waals surface area contributed by atoms with E-state index in [1.54, 1.807) is 12.1 Å². The molecular formula is C18H22ClFN2O. The highest BCUT2D eigenvalue weighted by atomic mass is 35.5. The van der Waals surface area contributed by atoms with Gasteiger partial charge in [-0.05, 0) is 56.3 Å². The number of nitrogens with zero attached hydrogens (tertiary/aromatic N) is 1. The molecule has 0 aliphatic carbocycles. The predicted molar refractivity (Wildman–Crippen MR) is 91.1 cm³/mol. The summed E-state index contributed by atoms with van der Waals surface area (Å²) in [6.45, 7) is 6.21. The number of likely N-dealkylation sites (tertiary alicyclic amines) is 1. The van der Waals surface area contributed by atoms with Crippen LogP contribution in [0.2, 0.25) is 5.02 Å². The molecule has 1 aliphatic rings. The van der Waals surface area contributed by atoms with Crippen molar-refractivity contribution in [1.82, 2.24) is 10.2 Å². The highest BCUT2D eigenvalue weighted by Crippen LogP contribution is 2.26. The summed E-state index contributed by atoms with van der Waals surface area (Å²) in [4.78, 5) is 2.51. The largest absolute Gasteiger partial charge is 0.460 e. The molecule has 1 aromatic heterocycles. The first-order valence-corrected chi connectivity index (χ1v) is 8.54. The molecule has 1 fully saturated rings. The summed E-state index contributed by atoms with van der Waals surface area (Å²) in [6.07, 6.45) is 2.55. The van der Waals surface area contributed by atoms with Crippen LogP contribution in [0.1, 0.15) is 25.5 Å². The molecule has 1 unspecified atom stereocenters. The first-order chi connectivity index (χ1) is 11.2. The van der Waals surface area contributed by atoms with Crippen molar-refractivity contribution < 1.29 is 8.81 Å². The molecule has 3 rings (SSSR count). The third-order valence-corrected chi connectivity index (χ3v) is 4.74. The Hall–Kier alpha value is -1.36. The topological polar surface area (TPSA) is 28.4 Å². The average molecular weight is 337 g/mol. The van der Waals surface area contributed by atoms with E-state index < -0.39 is 5.82 Å². The quantitative estimate of drug-likeness (QED) is 0.852. The van der Waals surface area contributed by atoms with Gasteiger partial charge < -0.3 is 9.73 Å². The maximum Gasteiger partial charge on any atom is 0.141 e. The van der Waals surface area contributed by atoms with Gasteiger partial charge in [0.05, 0.1) is 11.6 Å². The van der Waals surface area contributed by atoms with E-state index in [1.165, 1.54) is 25.5 Å². The lowest BCUT2D eigenvalue weighted by atomic mass is 10.2. The van der Waals surface area contributed by atoms with Crippen LogP contribution >= 0.6 is 11.6 Å². The van der Waals surface area contributed by atoms with Crippen LogP contribution < -0.4 is 5.32 Å². The number of hydrogen-bond acceptors (Lipinski definition) is 3. The molecule has 3 nitrogen and oxygen atoms in total.